The van der Waals surface area contributed by atoms with Crippen LogP contribution in [-0.4, -0.2) is 40.7 Å². The second kappa shape index (κ2) is 8.25. The molecule has 0 saturated carbocycles. The van der Waals surface area contributed by atoms with Crippen LogP contribution in [0.15, 0.2) is 41.0 Å². The predicted octanol–water partition coefficient (Wildman–Crippen LogP) is 5.78. The van der Waals surface area contributed by atoms with Gasteiger partial charge in [-0.2, -0.15) is 0 Å². The number of carbonyl (C=O) groups is 1. The van der Waals surface area contributed by atoms with Crippen LogP contribution in [0.5, 0.6) is 0 Å². The maximum Gasteiger partial charge on any atom is 0.410 e. The van der Waals surface area contributed by atoms with E-state index >= 15 is 0 Å². The van der Waals surface area contributed by atoms with Crippen molar-refractivity contribution in [3.8, 4) is 0 Å². The van der Waals surface area contributed by atoms with Crippen LogP contribution >= 0.6 is 27.5 Å². The first-order chi connectivity index (χ1) is 13.1. The van der Waals surface area contributed by atoms with E-state index in [0.717, 1.165) is 6.42 Å². The lowest BCUT2D eigenvalue weighted by atomic mass is 10.1. The number of nitrogens with zero attached hydrogens (tertiary/aromatic N) is 3. The normalized spacial score (nSPS) is 16.9. The van der Waals surface area contributed by atoms with Crippen molar-refractivity contribution in [1.29, 1.82) is 0 Å². The van der Waals surface area contributed by atoms with E-state index in [9.17, 15) is 9.18 Å². The van der Waals surface area contributed by atoms with E-state index in [0.29, 0.717) is 29.2 Å². The molecule has 150 valence electrons. The Balaban J connectivity index is 1.90. The highest BCUT2D eigenvalue weighted by molar-refractivity contribution is 9.10. The van der Waals surface area contributed by atoms with E-state index in [1.807, 2.05) is 43.9 Å². The number of benzene rings is 1. The van der Waals surface area contributed by atoms with E-state index in [-0.39, 0.29) is 17.2 Å². The zero-order valence-corrected chi connectivity index (χ0v) is 18.3. The van der Waals surface area contributed by atoms with Crippen molar-refractivity contribution in [2.45, 2.75) is 38.8 Å². The van der Waals surface area contributed by atoms with Crippen molar-refractivity contribution in [1.82, 2.24) is 9.88 Å². The van der Waals surface area contributed by atoms with Gasteiger partial charge in [-0.25, -0.2) is 14.2 Å². The summed E-state index contributed by atoms with van der Waals surface area (Å²) in [6.07, 6.45) is 0.386. The van der Waals surface area contributed by atoms with Crippen molar-refractivity contribution in [2.75, 3.05) is 18.0 Å². The number of pyridine rings is 1. The van der Waals surface area contributed by atoms with Crippen LogP contribution in [0.1, 0.15) is 27.2 Å². The smallest absolute Gasteiger partial charge is 0.410 e. The van der Waals surface area contributed by atoms with Crippen LogP contribution in [0.25, 0.3) is 0 Å². The van der Waals surface area contributed by atoms with Crippen LogP contribution in [0.2, 0.25) is 5.02 Å². The Morgan fingerprint density at radius 2 is 2.11 bits per heavy atom. The molecule has 0 radical (unpaired) electrons. The number of hydrogen-bond donors (Lipinski definition) is 0. The molecule has 0 unspecified atom stereocenters. The molecule has 8 heteroatoms. The molecule has 2 heterocycles. The monoisotopic (exact) mass is 469 g/mol. The standard InChI is InChI=1S/C20H22BrClFN3O2/c1-20(2,3)28-19(27)25-10-9-14(12-25)26(18-6-4-5-17(21)24-18)13-7-8-16(23)15(22)11-13/h4-8,11,14H,9-10,12H2,1-3H3/t14-/m0/s1. The maximum atomic E-state index is 13.7. The minimum absolute atomic E-state index is 0.0412. The summed E-state index contributed by atoms with van der Waals surface area (Å²) in [5.74, 6) is 0.211. The Hall–Kier alpha value is -1.86. The number of hydrogen-bond acceptors (Lipinski definition) is 4. The van der Waals surface area contributed by atoms with Gasteiger partial charge in [0.15, 0.2) is 0 Å². The molecule has 0 bridgehead atoms. The third-order valence-corrected chi connectivity index (χ3v) is 5.04. The van der Waals surface area contributed by atoms with Gasteiger partial charge in [0.2, 0.25) is 0 Å². The Morgan fingerprint density at radius 1 is 1.36 bits per heavy atom. The summed E-state index contributed by atoms with van der Waals surface area (Å²) in [6.45, 7) is 6.57. The van der Waals surface area contributed by atoms with Gasteiger partial charge in [0.1, 0.15) is 21.8 Å². The van der Waals surface area contributed by atoms with Crippen LogP contribution in [0, 0.1) is 5.82 Å². The predicted molar refractivity (Wildman–Crippen MR) is 112 cm³/mol. The Morgan fingerprint density at radius 3 is 2.75 bits per heavy atom. The molecular formula is C20H22BrClFN3O2. The van der Waals surface area contributed by atoms with Gasteiger partial charge < -0.3 is 14.5 Å². The quantitative estimate of drug-likeness (QED) is 0.533. The van der Waals surface area contributed by atoms with Crippen molar-refractivity contribution >= 4 is 45.1 Å². The molecule has 5 nitrogen and oxygen atoms in total. The third kappa shape index (κ3) is 4.94. The number of likely N-dealkylation sites (tertiary alicyclic amines) is 1. The number of halogens is 3. The highest BCUT2D eigenvalue weighted by Crippen LogP contribution is 2.33. The third-order valence-electron chi connectivity index (χ3n) is 4.31. The fraction of sp³-hybridized carbons (Fsp3) is 0.400. The van der Waals surface area contributed by atoms with Crippen LogP contribution in [0.3, 0.4) is 0 Å². The SMILES string of the molecule is CC(C)(C)OC(=O)N1CC[C@H](N(c2ccc(F)c(Cl)c2)c2cccc(Br)n2)C1. The van der Waals surface area contributed by atoms with Gasteiger partial charge in [-0.05, 0) is 73.5 Å². The Labute approximate surface area is 177 Å². The van der Waals surface area contributed by atoms with Gasteiger partial charge in [0, 0.05) is 18.8 Å². The number of ether oxygens (including phenoxy) is 1. The molecule has 1 amide bonds. The van der Waals surface area contributed by atoms with Gasteiger partial charge in [0.25, 0.3) is 0 Å². The number of aromatic nitrogens is 1. The lowest BCUT2D eigenvalue weighted by Crippen LogP contribution is -2.39. The molecule has 1 saturated heterocycles. The first-order valence-electron chi connectivity index (χ1n) is 8.99. The number of amides is 1. The van der Waals surface area contributed by atoms with Gasteiger partial charge >= 0.3 is 6.09 Å². The lowest BCUT2D eigenvalue weighted by Gasteiger charge is -2.31. The summed E-state index contributed by atoms with van der Waals surface area (Å²) in [5, 5.41) is 0.0412. The van der Waals surface area contributed by atoms with Gasteiger partial charge in [0.05, 0.1) is 11.1 Å². The second-order valence-corrected chi connectivity index (χ2v) is 8.88. The molecule has 28 heavy (non-hydrogen) atoms. The number of anilines is 2. The minimum atomic E-state index is -0.550. The summed E-state index contributed by atoms with van der Waals surface area (Å²) < 4.78 is 19.9. The van der Waals surface area contributed by atoms with Crippen molar-refractivity contribution in [3.63, 3.8) is 0 Å². The maximum absolute atomic E-state index is 13.7. The molecule has 1 aliphatic heterocycles. The molecule has 1 fully saturated rings. The molecule has 1 aromatic heterocycles. The zero-order valence-electron chi connectivity index (χ0n) is 16.0. The fourth-order valence-corrected chi connectivity index (χ4v) is 3.65. The summed E-state index contributed by atoms with van der Waals surface area (Å²) >= 11 is 9.42. The van der Waals surface area contributed by atoms with Crippen molar-refractivity contribution in [2.24, 2.45) is 0 Å². The summed E-state index contributed by atoms with van der Waals surface area (Å²) in [4.78, 5) is 20.7. The summed E-state index contributed by atoms with van der Waals surface area (Å²) in [6, 6.07) is 10.1. The molecule has 1 aromatic carbocycles. The molecule has 1 aliphatic rings. The second-order valence-electron chi connectivity index (χ2n) is 7.66. The van der Waals surface area contributed by atoms with E-state index in [1.54, 1.807) is 17.0 Å². The highest BCUT2D eigenvalue weighted by atomic mass is 79.9. The first-order valence-corrected chi connectivity index (χ1v) is 10.2. The first kappa shape index (κ1) is 20.9. The van der Waals surface area contributed by atoms with Crippen molar-refractivity contribution in [3.05, 3.63) is 51.8 Å². The van der Waals surface area contributed by atoms with E-state index < -0.39 is 11.4 Å². The van der Waals surface area contributed by atoms with E-state index in [4.69, 9.17) is 16.3 Å². The van der Waals surface area contributed by atoms with Gasteiger partial charge in [-0.3, -0.25) is 0 Å². The molecule has 0 aliphatic carbocycles. The lowest BCUT2D eigenvalue weighted by molar-refractivity contribution is 0.0293. The topological polar surface area (TPSA) is 45.7 Å². The molecule has 3 rings (SSSR count). The Bertz CT molecular complexity index is 875. The van der Waals surface area contributed by atoms with Gasteiger partial charge in [-0.1, -0.05) is 17.7 Å². The summed E-state index contributed by atoms with van der Waals surface area (Å²) in [7, 11) is 0. The molecule has 0 N–H and O–H groups in total. The average molecular weight is 471 g/mol. The van der Waals surface area contributed by atoms with Crippen LogP contribution in [-0.2, 0) is 4.74 Å². The zero-order chi connectivity index (χ0) is 20.5. The average Bonchev–Trinajstić information content (AvgIpc) is 3.07. The van der Waals surface area contributed by atoms with Crippen LogP contribution in [0.4, 0.5) is 20.7 Å². The van der Waals surface area contributed by atoms with Crippen LogP contribution < -0.4 is 4.90 Å². The highest BCUT2D eigenvalue weighted by Gasteiger charge is 2.34. The summed E-state index contributed by atoms with van der Waals surface area (Å²) in [5.41, 5.74) is 0.165. The molecule has 0 spiro atoms. The molecule has 2 aromatic rings. The molecule has 1 atom stereocenters. The fourth-order valence-electron chi connectivity index (χ4n) is 3.14. The van der Waals surface area contributed by atoms with Gasteiger partial charge in [-0.15, -0.1) is 0 Å². The van der Waals surface area contributed by atoms with Crippen molar-refractivity contribution < 1.29 is 13.9 Å². The largest absolute Gasteiger partial charge is 0.444 e. The molecular weight excluding hydrogens is 449 g/mol. The van der Waals surface area contributed by atoms with E-state index in [2.05, 4.69) is 20.9 Å². The minimum Gasteiger partial charge on any atom is -0.444 e. The Kier molecular flexibility index (Phi) is 6.15. The van der Waals surface area contributed by atoms with E-state index in [1.165, 1.54) is 6.07 Å². The number of carbonyl (C=O) groups excluding carboxylic acids is 1. The number of rotatable bonds is 3.